The molecule has 42 heavy (non-hydrogen) atoms. The van der Waals surface area contributed by atoms with E-state index in [-0.39, 0.29) is 19.0 Å². The molecule has 14 heteroatoms. The zero-order chi connectivity index (χ0) is 31.9. The van der Waals surface area contributed by atoms with Crippen LogP contribution in [0.2, 0.25) is 0 Å². The Bertz CT molecular complexity index is 1080. The molecule has 1 saturated heterocycles. The quantitative estimate of drug-likeness (QED) is 0.192. The van der Waals surface area contributed by atoms with E-state index in [0.29, 0.717) is 25.8 Å². The van der Waals surface area contributed by atoms with Crippen LogP contribution < -0.4 is 16.0 Å². The van der Waals surface area contributed by atoms with Gasteiger partial charge in [0.1, 0.15) is 11.6 Å². The third-order valence-electron chi connectivity index (χ3n) is 8.41. The predicted molar refractivity (Wildman–Crippen MR) is 160 cm³/mol. The second-order valence-corrected chi connectivity index (χ2v) is 15.2. The van der Waals surface area contributed by atoms with Gasteiger partial charge in [0, 0.05) is 40.3 Å². The molecule has 2 aliphatic rings. The van der Waals surface area contributed by atoms with Gasteiger partial charge < -0.3 is 26.0 Å². The average molecular weight is 617 g/mol. The fraction of sp³-hybridized carbons (Fsp3) is 0.857. The largest absolute Gasteiger partial charge is 0.479 e. The maximum atomic E-state index is 13.2. The molecular weight excluding hydrogens is 564 g/mol. The number of hydrogen-bond acceptors (Lipinski definition) is 6. The van der Waals surface area contributed by atoms with E-state index in [1.54, 1.807) is 0 Å². The maximum Gasteiger partial charge on any atom is 0.329 e. The lowest BCUT2D eigenvalue weighted by molar-refractivity contribution is -0.145. The molecule has 4 N–H and O–H groups in total. The molecule has 0 aromatic carbocycles. The van der Waals surface area contributed by atoms with Crippen LogP contribution in [0, 0.1) is 11.3 Å². The monoisotopic (exact) mass is 616 g/mol. The number of likely N-dealkylation sites (tertiary alicyclic amines) is 1. The molecular formula is C28H52N6O7S. The lowest BCUT2D eigenvalue weighted by Crippen LogP contribution is -2.56. The molecule has 2 fully saturated rings. The fourth-order valence-electron chi connectivity index (χ4n) is 5.41. The van der Waals surface area contributed by atoms with E-state index in [9.17, 15) is 32.7 Å². The predicted octanol–water partition coefficient (Wildman–Crippen LogP) is 1.75. The lowest BCUT2D eigenvalue weighted by atomic mass is 9.87. The molecule has 242 valence electrons. The van der Waals surface area contributed by atoms with Crippen molar-refractivity contribution in [3.63, 3.8) is 0 Å². The van der Waals surface area contributed by atoms with Gasteiger partial charge in [-0.25, -0.2) is 9.59 Å². The Kier molecular flexibility index (Phi) is 12.6. The molecule has 1 aliphatic carbocycles. The number of carboxylic acid groups (broad SMARTS) is 1. The number of carbonyl (C=O) groups excluding carboxylic acids is 3. The number of likely N-dealkylation sites (N-methyl/N-ethyl adjacent to an activating group) is 1. The molecule has 0 aromatic rings. The van der Waals surface area contributed by atoms with Crippen molar-refractivity contribution in [2.75, 3.05) is 40.8 Å². The first kappa shape index (κ1) is 35.7. The van der Waals surface area contributed by atoms with E-state index in [1.165, 1.54) is 26.0 Å². The van der Waals surface area contributed by atoms with Crippen LogP contribution in [0.15, 0.2) is 0 Å². The second-order valence-electron chi connectivity index (χ2n) is 12.9. The molecule has 4 amide bonds. The highest BCUT2D eigenvalue weighted by atomic mass is 32.2. The molecule has 0 spiro atoms. The van der Waals surface area contributed by atoms with Gasteiger partial charge in [-0.2, -0.15) is 17.0 Å². The summed E-state index contributed by atoms with van der Waals surface area (Å²) in [6.45, 7) is 7.74. The molecule has 1 heterocycles. The molecule has 2 rings (SSSR count). The minimum Gasteiger partial charge on any atom is -0.479 e. The van der Waals surface area contributed by atoms with Crippen molar-refractivity contribution in [1.82, 2.24) is 29.5 Å². The molecule has 0 bridgehead atoms. The van der Waals surface area contributed by atoms with Crippen LogP contribution in [-0.2, 0) is 24.6 Å². The van der Waals surface area contributed by atoms with Crippen LogP contribution in [0.1, 0.15) is 85.5 Å². The maximum absolute atomic E-state index is 13.2. The normalized spacial score (nSPS) is 23.1. The summed E-state index contributed by atoms with van der Waals surface area (Å²) in [4.78, 5) is 52.4. The van der Waals surface area contributed by atoms with Crippen molar-refractivity contribution in [3.8, 4) is 0 Å². The second kappa shape index (κ2) is 14.8. The highest BCUT2D eigenvalue weighted by Crippen LogP contribution is 2.47. The van der Waals surface area contributed by atoms with Gasteiger partial charge in [-0.15, -0.1) is 0 Å². The molecule has 2 unspecified atom stereocenters. The van der Waals surface area contributed by atoms with Gasteiger partial charge in [0.25, 0.3) is 10.2 Å². The number of hydrogen-bond donors (Lipinski definition) is 4. The smallest absolute Gasteiger partial charge is 0.329 e. The van der Waals surface area contributed by atoms with Crippen LogP contribution in [0.3, 0.4) is 0 Å². The lowest BCUT2D eigenvalue weighted by Gasteiger charge is -2.35. The van der Waals surface area contributed by atoms with E-state index in [1.807, 2.05) is 20.8 Å². The third kappa shape index (κ3) is 9.27. The molecule has 0 radical (unpaired) electrons. The van der Waals surface area contributed by atoms with Crippen molar-refractivity contribution in [3.05, 3.63) is 0 Å². The summed E-state index contributed by atoms with van der Waals surface area (Å²) in [5.41, 5.74) is -1.77. The van der Waals surface area contributed by atoms with E-state index in [0.717, 1.165) is 47.1 Å². The van der Waals surface area contributed by atoms with Crippen molar-refractivity contribution in [1.29, 1.82) is 0 Å². The topological polar surface area (TPSA) is 168 Å². The summed E-state index contributed by atoms with van der Waals surface area (Å²) < 4.78 is 27.2. The summed E-state index contributed by atoms with van der Waals surface area (Å²) in [6.07, 6.45) is 7.52. The molecule has 4 atom stereocenters. The Morgan fingerprint density at radius 1 is 1.07 bits per heavy atom. The Morgan fingerprint density at radius 2 is 1.71 bits per heavy atom. The van der Waals surface area contributed by atoms with Gasteiger partial charge in [0.05, 0.1) is 6.54 Å². The first-order valence-electron chi connectivity index (χ1n) is 15.0. The number of nitrogens with zero attached hydrogens (tertiary/aromatic N) is 3. The van der Waals surface area contributed by atoms with Crippen LogP contribution >= 0.6 is 0 Å². The van der Waals surface area contributed by atoms with Crippen LogP contribution in [0.5, 0.6) is 0 Å². The molecule has 1 aliphatic heterocycles. The highest BCUT2D eigenvalue weighted by Gasteiger charge is 2.61. The summed E-state index contributed by atoms with van der Waals surface area (Å²) >= 11 is 0. The Labute approximate surface area is 251 Å². The van der Waals surface area contributed by atoms with E-state index < -0.39 is 57.1 Å². The van der Waals surface area contributed by atoms with Gasteiger partial charge in [-0.3, -0.25) is 9.59 Å². The van der Waals surface area contributed by atoms with Gasteiger partial charge in [-0.05, 0) is 37.0 Å². The Morgan fingerprint density at radius 3 is 2.29 bits per heavy atom. The summed E-state index contributed by atoms with van der Waals surface area (Å²) in [5.74, 6) is -2.07. The summed E-state index contributed by atoms with van der Waals surface area (Å²) in [7, 11) is 0.599. The van der Waals surface area contributed by atoms with E-state index in [2.05, 4.69) is 22.9 Å². The van der Waals surface area contributed by atoms with Crippen molar-refractivity contribution >= 4 is 34.0 Å². The zero-order valence-electron chi connectivity index (χ0n) is 26.4. The number of carboxylic acids is 1. The number of nitrogens with one attached hydrogen (secondary N) is 3. The van der Waals surface area contributed by atoms with Crippen molar-refractivity contribution in [2.45, 2.75) is 103 Å². The first-order chi connectivity index (χ1) is 19.5. The molecule has 0 aromatic heterocycles. The van der Waals surface area contributed by atoms with Crippen LogP contribution in [-0.4, -0.2) is 109 Å². The number of unbranched alkanes of at least 4 members (excludes halogenated alkanes) is 4. The highest BCUT2D eigenvalue weighted by molar-refractivity contribution is 7.86. The van der Waals surface area contributed by atoms with Gasteiger partial charge in [-0.1, -0.05) is 59.8 Å². The summed E-state index contributed by atoms with van der Waals surface area (Å²) in [5, 5.41) is 18.0. The number of aliphatic carboxylic acids is 1. The minimum absolute atomic E-state index is 0.0187. The Balaban J connectivity index is 1.93. The third-order valence-corrected chi connectivity index (χ3v) is 10.3. The van der Waals surface area contributed by atoms with Crippen LogP contribution in [0.4, 0.5) is 4.79 Å². The SMILES string of the molecule is CCCCCCCC1C[C@]1(NC(=O)[C@@H]1CCCN1C(=O)CNC(=O)NC(CN(C)S(=O)(=O)N(C)C)C(C)(C)C)C(=O)O. The number of carbonyl (C=O) groups is 4. The number of urea groups is 1. The van der Waals surface area contributed by atoms with Gasteiger partial charge >= 0.3 is 12.0 Å². The number of amides is 4. The van der Waals surface area contributed by atoms with E-state index >= 15 is 0 Å². The first-order valence-corrected chi connectivity index (χ1v) is 16.4. The van der Waals surface area contributed by atoms with Gasteiger partial charge in [0.2, 0.25) is 11.8 Å². The summed E-state index contributed by atoms with van der Waals surface area (Å²) in [6, 6.07) is -2.00. The minimum atomic E-state index is -3.69. The van der Waals surface area contributed by atoms with Crippen LogP contribution in [0.25, 0.3) is 0 Å². The fourth-order valence-corrected chi connectivity index (χ4v) is 6.31. The van der Waals surface area contributed by atoms with Crippen molar-refractivity contribution in [2.24, 2.45) is 11.3 Å². The van der Waals surface area contributed by atoms with Gasteiger partial charge in [0.15, 0.2) is 0 Å². The zero-order valence-corrected chi connectivity index (χ0v) is 27.2. The molecule has 13 nitrogen and oxygen atoms in total. The van der Waals surface area contributed by atoms with Crippen molar-refractivity contribution < 1.29 is 32.7 Å². The molecule has 1 saturated carbocycles. The Hall–Kier alpha value is -2.45. The van der Waals surface area contributed by atoms with E-state index in [4.69, 9.17) is 0 Å². The number of rotatable bonds is 16. The standard InChI is InChI=1S/C28H52N6O7S/c1-8-9-10-11-12-14-20-17-28(20,25(37)38)31-24(36)21-15-13-16-34(21)23(35)18-29-26(39)30-22(27(2,3)4)19-33(7)42(40,41)32(5)6/h20-22H,8-19H2,1-7H3,(H,31,36)(H,37,38)(H2,29,30,39)/t20?,21-,22?,28+/m0/s1. The average Bonchev–Trinajstić information content (AvgIpc) is 3.36.